The summed E-state index contributed by atoms with van der Waals surface area (Å²) in [7, 11) is 1.44. The molecule has 5 nitrogen and oxygen atoms in total. The van der Waals surface area contributed by atoms with E-state index in [2.05, 4.69) is 12.2 Å². The molecule has 2 saturated heterocycles. The van der Waals surface area contributed by atoms with Crippen LogP contribution in [0, 0.1) is 59.2 Å². The van der Waals surface area contributed by atoms with Gasteiger partial charge in [-0.3, -0.25) is 9.59 Å². The summed E-state index contributed by atoms with van der Waals surface area (Å²) in [6, 6.07) is 0. The maximum absolute atomic E-state index is 13.1. The number of fused-ring (bicyclic) bond motifs is 16. The molecule has 5 heteroatoms. The molecule has 0 aromatic carbocycles. The van der Waals surface area contributed by atoms with E-state index in [0.717, 1.165) is 6.42 Å². The van der Waals surface area contributed by atoms with Crippen molar-refractivity contribution in [2.75, 3.05) is 7.11 Å². The molecule has 6 bridgehead atoms. The highest BCUT2D eigenvalue weighted by atomic mass is 16.6. The normalized spacial score (nSPS) is 54.1. The van der Waals surface area contributed by atoms with Crippen LogP contribution in [0.15, 0.2) is 12.2 Å². The molecule has 5 fully saturated rings. The van der Waals surface area contributed by atoms with E-state index in [1.807, 2.05) is 20.8 Å². The highest BCUT2D eigenvalue weighted by Crippen LogP contribution is 2.72. The van der Waals surface area contributed by atoms with E-state index in [1.165, 1.54) is 13.5 Å². The molecule has 0 aromatic rings. The molecule has 0 N–H and O–H groups in total. The van der Waals surface area contributed by atoms with Crippen LogP contribution in [0.2, 0.25) is 0 Å². The minimum atomic E-state index is -0.551. The summed E-state index contributed by atoms with van der Waals surface area (Å²) in [6.45, 7) is 5.67. The molecule has 6 rings (SSSR count). The van der Waals surface area contributed by atoms with Gasteiger partial charge in [-0.25, -0.2) is 0 Å². The van der Waals surface area contributed by atoms with Gasteiger partial charge in [-0.1, -0.05) is 12.2 Å². The zero-order valence-corrected chi connectivity index (χ0v) is 17.0. The van der Waals surface area contributed by atoms with E-state index in [9.17, 15) is 9.59 Å². The maximum Gasteiger partial charge on any atom is 0.310 e. The van der Waals surface area contributed by atoms with E-state index in [-0.39, 0.29) is 47.8 Å². The first-order valence-corrected chi connectivity index (χ1v) is 10.9. The molecule has 6 aliphatic rings. The van der Waals surface area contributed by atoms with E-state index >= 15 is 0 Å². The van der Waals surface area contributed by atoms with Crippen molar-refractivity contribution in [3.63, 3.8) is 0 Å². The van der Waals surface area contributed by atoms with Gasteiger partial charge in [-0.15, -0.1) is 0 Å². The number of esters is 2. The van der Waals surface area contributed by atoms with Crippen LogP contribution in [0.25, 0.3) is 0 Å². The third-order valence-corrected chi connectivity index (χ3v) is 8.85. The van der Waals surface area contributed by atoms with E-state index in [4.69, 9.17) is 14.2 Å². The summed E-state index contributed by atoms with van der Waals surface area (Å²) in [5.74, 6) is 2.53. The Morgan fingerprint density at radius 3 is 1.89 bits per heavy atom. The lowest BCUT2D eigenvalue weighted by molar-refractivity contribution is -0.173. The fraction of sp³-hybridized carbons (Fsp3) is 0.826. The van der Waals surface area contributed by atoms with Crippen molar-refractivity contribution in [1.29, 1.82) is 0 Å². The number of methoxy groups -OCH3 is 1. The summed E-state index contributed by atoms with van der Waals surface area (Å²) >= 11 is 0. The van der Waals surface area contributed by atoms with Gasteiger partial charge in [0.25, 0.3) is 0 Å². The average Bonchev–Trinajstić information content (AvgIpc) is 3.43. The van der Waals surface area contributed by atoms with Crippen LogP contribution in [-0.4, -0.2) is 36.9 Å². The molecule has 0 aromatic heterocycles. The first kappa shape index (κ1) is 17.5. The van der Waals surface area contributed by atoms with Crippen molar-refractivity contribution < 1.29 is 23.8 Å². The molecule has 28 heavy (non-hydrogen) atoms. The Labute approximate surface area is 166 Å². The van der Waals surface area contributed by atoms with Gasteiger partial charge in [0.2, 0.25) is 0 Å². The summed E-state index contributed by atoms with van der Waals surface area (Å²) in [5, 5.41) is 0. The quantitative estimate of drug-likeness (QED) is 0.539. The summed E-state index contributed by atoms with van der Waals surface area (Å²) in [4.78, 5) is 25.9. The van der Waals surface area contributed by atoms with Crippen LogP contribution >= 0.6 is 0 Å². The van der Waals surface area contributed by atoms with Crippen molar-refractivity contribution >= 4 is 11.9 Å². The zero-order valence-electron chi connectivity index (χ0n) is 17.0. The molecule has 2 aliphatic heterocycles. The van der Waals surface area contributed by atoms with Gasteiger partial charge < -0.3 is 14.2 Å². The molecule has 0 spiro atoms. The number of carbonyl (C=O) groups is 2. The lowest BCUT2D eigenvalue weighted by atomic mass is 9.57. The highest BCUT2D eigenvalue weighted by Gasteiger charge is 2.76. The summed E-state index contributed by atoms with van der Waals surface area (Å²) in [6.07, 6.45) is 7.55. The summed E-state index contributed by atoms with van der Waals surface area (Å²) in [5.41, 5.74) is -0.551. The molecule has 0 amide bonds. The van der Waals surface area contributed by atoms with E-state index in [1.54, 1.807) is 0 Å². The van der Waals surface area contributed by atoms with Crippen LogP contribution in [0.5, 0.6) is 0 Å². The smallest absolute Gasteiger partial charge is 0.310 e. The van der Waals surface area contributed by atoms with Gasteiger partial charge in [0.05, 0.1) is 31.2 Å². The Hall–Kier alpha value is -1.36. The molecular weight excluding hydrogens is 356 g/mol. The average molecular weight is 386 g/mol. The molecule has 12 unspecified atom stereocenters. The van der Waals surface area contributed by atoms with Crippen molar-refractivity contribution in [3.05, 3.63) is 12.2 Å². The van der Waals surface area contributed by atoms with Crippen LogP contribution in [-0.2, 0) is 23.8 Å². The first-order valence-electron chi connectivity index (χ1n) is 10.9. The number of hydrogen-bond acceptors (Lipinski definition) is 5. The Morgan fingerprint density at radius 2 is 1.39 bits per heavy atom. The second-order valence-electron chi connectivity index (χ2n) is 11.0. The second kappa shape index (κ2) is 5.41. The number of carbonyl (C=O) groups excluding carboxylic acids is 2. The zero-order chi connectivity index (χ0) is 19.5. The van der Waals surface area contributed by atoms with Crippen molar-refractivity contribution in [2.24, 2.45) is 59.2 Å². The SMILES string of the molecule is COC(=O)C1C2CC(C1C(=O)OC(C)(C)C)C1C3OC(C4C5C=CC(C5)C34)C21. The monoisotopic (exact) mass is 386 g/mol. The third-order valence-electron chi connectivity index (χ3n) is 8.85. The van der Waals surface area contributed by atoms with Crippen LogP contribution < -0.4 is 0 Å². The fourth-order valence-corrected chi connectivity index (χ4v) is 8.46. The van der Waals surface area contributed by atoms with Crippen molar-refractivity contribution in [3.8, 4) is 0 Å². The number of hydrogen-bond donors (Lipinski definition) is 0. The molecular formula is C23H30O5. The molecule has 3 saturated carbocycles. The fourth-order valence-electron chi connectivity index (χ4n) is 8.46. The Balaban J connectivity index is 1.35. The van der Waals surface area contributed by atoms with Gasteiger partial charge >= 0.3 is 11.9 Å². The maximum atomic E-state index is 13.1. The van der Waals surface area contributed by atoms with Gasteiger partial charge in [-0.05, 0) is 81.0 Å². The predicted molar refractivity (Wildman–Crippen MR) is 99.8 cm³/mol. The third kappa shape index (κ3) is 2.02. The number of ether oxygens (including phenoxy) is 3. The predicted octanol–water partition coefficient (Wildman–Crippen LogP) is 2.83. The summed E-state index contributed by atoms with van der Waals surface area (Å²) < 4.78 is 17.5. The first-order chi connectivity index (χ1) is 13.3. The van der Waals surface area contributed by atoms with Gasteiger partial charge in [-0.2, -0.15) is 0 Å². The Kier molecular flexibility index (Phi) is 3.38. The largest absolute Gasteiger partial charge is 0.469 e. The molecule has 2 heterocycles. The number of rotatable bonds is 2. The lowest BCUT2D eigenvalue weighted by Crippen LogP contribution is -2.51. The number of allylic oxidation sites excluding steroid dienone is 2. The lowest BCUT2D eigenvalue weighted by Gasteiger charge is -2.44. The molecule has 0 radical (unpaired) electrons. The Morgan fingerprint density at radius 1 is 0.857 bits per heavy atom. The van der Waals surface area contributed by atoms with Gasteiger partial charge in [0.15, 0.2) is 0 Å². The second-order valence-corrected chi connectivity index (χ2v) is 11.0. The van der Waals surface area contributed by atoms with Crippen LogP contribution in [0.4, 0.5) is 0 Å². The molecule has 4 aliphatic carbocycles. The highest BCUT2D eigenvalue weighted by molar-refractivity contribution is 5.84. The molecule has 152 valence electrons. The topological polar surface area (TPSA) is 61.8 Å². The minimum Gasteiger partial charge on any atom is -0.469 e. The van der Waals surface area contributed by atoms with Crippen molar-refractivity contribution in [1.82, 2.24) is 0 Å². The van der Waals surface area contributed by atoms with Crippen molar-refractivity contribution in [2.45, 2.75) is 51.4 Å². The van der Waals surface area contributed by atoms with E-state index < -0.39 is 5.60 Å². The van der Waals surface area contributed by atoms with Crippen LogP contribution in [0.3, 0.4) is 0 Å². The van der Waals surface area contributed by atoms with Crippen LogP contribution in [0.1, 0.15) is 33.6 Å². The minimum absolute atomic E-state index is 0.188. The van der Waals surface area contributed by atoms with E-state index in [0.29, 0.717) is 35.5 Å². The Bertz CT molecular complexity index is 765. The molecule has 12 atom stereocenters. The van der Waals surface area contributed by atoms with Gasteiger partial charge in [0.1, 0.15) is 5.60 Å². The standard InChI is InChI=1S/C23H30O5/c1-23(2,3)28-22(25)18-12-8-11(17(18)21(24)26-4)15-16(12)20-14-10-6-5-9(7-10)13(14)19(15)27-20/h5-6,9-20H,7-8H2,1-4H3. The van der Waals surface area contributed by atoms with Gasteiger partial charge in [0, 0.05) is 0 Å².